The lowest BCUT2D eigenvalue weighted by Gasteiger charge is -2.20. The normalized spacial score (nSPS) is 18.0. The summed E-state index contributed by atoms with van der Waals surface area (Å²) in [5.41, 5.74) is 0.594. The lowest BCUT2D eigenvalue weighted by Crippen LogP contribution is -2.33. The van der Waals surface area contributed by atoms with E-state index in [1.54, 1.807) is 19.2 Å². The van der Waals surface area contributed by atoms with Gasteiger partial charge in [-0.1, -0.05) is 15.9 Å². The third-order valence-corrected chi connectivity index (χ3v) is 2.37. The molecule has 0 aromatic rings. The Balaban J connectivity index is 2.59. The van der Waals surface area contributed by atoms with Crippen LogP contribution in [0.5, 0.6) is 0 Å². The molecule has 0 aromatic carbocycles. The summed E-state index contributed by atoms with van der Waals surface area (Å²) >= 11 is 3.37. The third-order valence-electron chi connectivity index (χ3n) is 1.89. The quantitative estimate of drug-likeness (QED) is 0.792. The van der Waals surface area contributed by atoms with Crippen molar-refractivity contribution in [3.05, 3.63) is 22.3 Å². The van der Waals surface area contributed by atoms with Crippen molar-refractivity contribution >= 4 is 21.8 Å². The van der Waals surface area contributed by atoms with Gasteiger partial charge in [0.25, 0.3) is 5.91 Å². The van der Waals surface area contributed by atoms with Crippen molar-refractivity contribution in [2.45, 2.75) is 13.0 Å². The Bertz CT molecular complexity index is 311. The highest BCUT2D eigenvalue weighted by Crippen LogP contribution is 2.16. The molecule has 15 heavy (non-hydrogen) atoms. The molecule has 0 aliphatic carbocycles. The van der Waals surface area contributed by atoms with Crippen molar-refractivity contribution < 1.29 is 9.90 Å². The van der Waals surface area contributed by atoms with Crippen LogP contribution in [0.3, 0.4) is 0 Å². The summed E-state index contributed by atoms with van der Waals surface area (Å²) in [7, 11) is 1.90. The summed E-state index contributed by atoms with van der Waals surface area (Å²) in [5, 5.41) is 11.7. The highest BCUT2D eigenvalue weighted by Gasteiger charge is 2.13. The number of nitrogens with zero attached hydrogens (tertiary/aromatic N) is 1. The van der Waals surface area contributed by atoms with E-state index in [0.717, 1.165) is 11.0 Å². The molecule has 0 saturated carbocycles. The Kier molecular flexibility index (Phi) is 4.35. The number of amides is 1. The molecule has 1 amide bonds. The van der Waals surface area contributed by atoms with Gasteiger partial charge in [-0.05, 0) is 13.0 Å². The first-order valence-corrected chi connectivity index (χ1v) is 5.52. The van der Waals surface area contributed by atoms with Gasteiger partial charge in [-0.15, -0.1) is 0 Å². The number of likely N-dealkylation sites (N-methyl/N-ethyl adjacent to an activating group) is 1. The van der Waals surface area contributed by atoms with Crippen molar-refractivity contribution in [1.82, 2.24) is 10.2 Å². The van der Waals surface area contributed by atoms with Crippen molar-refractivity contribution in [3.8, 4) is 0 Å². The largest absolute Gasteiger partial charge is 0.392 e. The Morgan fingerprint density at radius 1 is 1.80 bits per heavy atom. The van der Waals surface area contributed by atoms with Gasteiger partial charge in [0.2, 0.25) is 0 Å². The lowest BCUT2D eigenvalue weighted by atomic mass is 10.2. The number of aliphatic hydroxyl groups excluding tert-OH is 1. The Labute approximate surface area is 97.8 Å². The average molecular weight is 275 g/mol. The molecule has 1 aliphatic rings. The Morgan fingerprint density at radius 3 is 3.00 bits per heavy atom. The van der Waals surface area contributed by atoms with Gasteiger partial charge in [-0.2, -0.15) is 0 Å². The van der Waals surface area contributed by atoms with Crippen LogP contribution in [0.25, 0.3) is 0 Å². The maximum absolute atomic E-state index is 11.6. The van der Waals surface area contributed by atoms with E-state index in [1.807, 2.05) is 11.9 Å². The molecule has 0 radical (unpaired) electrons. The van der Waals surface area contributed by atoms with Gasteiger partial charge in [0.15, 0.2) is 0 Å². The van der Waals surface area contributed by atoms with Gasteiger partial charge in [0, 0.05) is 30.8 Å². The monoisotopic (exact) mass is 274 g/mol. The minimum absolute atomic E-state index is 0.167. The minimum atomic E-state index is -0.525. The van der Waals surface area contributed by atoms with Gasteiger partial charge >= 0.3 is 0 Å². The minimum Gasteiger partial charge on any atom is -0.392 e. The molecule has 84 valence electrons. The fraction of sp³-hybridized carbons (Fsp3) is 0.500. The summed E-state index contributed by atoms with van der Waals surface area (Å²) < 4.78 is 0.967. The predicted molar refractivity (Wildman–Crippen MR) is 62.4 cm³/mol. The first kappa shape index (κ1) is 12.3. The molecule has 2 N–H and O–H groups in total. The van der Waals surface area contributed by atoms with Crippen LogP contribution >= 0.6 is 15.9 Å². The molecule has 1 atom stereocenters. The number of nitrogens with one attached hydrogen (secondary N) is 1. The first-order chi connectivity index (χ1) is 6.99. The molecule has 4 nitrogen and oxygen atoms in total. The van der Waals surface area contributed by atoms with Crippen LogP contribution in [0.2, 0.25) is 0 Å². The molecular weight excluding hydrogens is 260 g/mol. The molecule has 0 spiro atoms. The van der Waals surface area contributed by atoms with Crippen LogP contribution in [-0.2, 0) is 4.79 Å². The number of halogens is 1. The van der Waals surface area contributed by atoms with E-state index in [-0.39, 0.29) is 12.5 Å². The van der Waals surface area contributed by atoms with Gasteiger partial charge in [-0.25, -0.2) is 0 Å². The van der Waals surface area contributed by atoms with Gasteiger partial charge in [0.1, 0.15) is 0 Å². The van der Waals surface area contributed by atoms with E-state index in [0.29, 0.717) is 5.57 Å². The van der Waals surface area contributed by atoms with Crippen molar-refractivity contribution in [2.24, 2.45) is 0 Å². The number of carbonyl (C=O) groups excluding carboxylic acids is 1. The summed E-state index contributed by atoms with van der Waals surface area (Å²) in [6.45, 7) is 2.67. The highest BCUT2D eigenvalue weighted by atomic mass is 79.9. The van der Waals surface area contributed by atoms with E-state index in [1.165, 1.54) is 0 Å². The second kappa shape index (κ2) is 5.32. The molecular formula is C10H15BrN2O2. The molecule has 1 aliphatic heterocycles. The fourth-order valence-corrected chi connectivity index (χ4v) is 1.88. The Hall–Kier alpha value is -0.810. The zero-order chi connectivity index (χ0) is 11.4. The first-order valence-electron chi connectivity index (χ1n) is 4.73. The van der Waals surface area contributed by atoms with Crippen LogP contribution in [0, 0.1) is 0 Å². The Morgan fingerprint density at radius 2 is 2.47 bits per heavy atom. The van der Waals surface area contributed by atoms with Gasteiger partial charge < -0.3 is 15.3 Å². The van der Waals surface area contributed by atoms with Gasteiger partial charge in [-0.3, -0.25) is 4.79 Å². The molecule has 5 heteroatoms. The fourth-order valence-electron chi connectivity index (χ4n) is 1.24. The molecule has 1 unspecified atom stereocenters. The highest BCUT2D eigenvalue weighted by molar-refractivity contribution is 9.11. The SMILES string of the molecule is CC(O)CNC(=O)C1=CN(C)CC(Br)=C1. The average Bonchev–Trinajstić information content (AvgIpc) is 2.12. The molecule has 0 aromatic heterocycles. The topological polar surface area (TPSA) is 52.6 Å². The smallest absolute Gasteiger partial charge is 0.252 e. The van der Waals surface area contributed by atoms with Crippen molar-refractivity contribution in [2.75, 3.05) is 20.1 Å². The van der Waals surface area contributed by atoms with Crippen molar-refractivity contribution in [3.63, 3.8) is 0 Å². The predicted octanol–water partition coefficient (Wildman–Crippen LogP) is 0.592. The second-order valence-corrected chi connectivity index (χ2v) is 4.67. The zero-order valence-corrected chi connectivity index (χ0v) is 10.4. The van der Waals surface area contributed by atoms with Crippen LogP contribution in [-0.4, -0.2) is 42.2 Å². The summed E-state index contributed by atoms with van der Waals surface area (Å²) in [6, 6.07) is 0. The van der Waals surface area contributed by atoms with E-state index in [4.69, 9.17) is 5.11 Å². The summed E-state index contributed by atoms with van der Waals surface area (Å²) in [5.74, 6) is -0.167. The molecule has 0 saturated heterocycles. The van der Waals surface area contributed by atoms with E-state index < -0.39 is 6.10 Å². The number of hydrogen-bond donors (Lipinski definition) is 2. The number of aliphatic hydroxyl groups is 1. The van der Waals surface area contributed by atoms with Crippen molar-refractivity contribution in [1.29, 1.82) is 0 Å². The van der Waals surface area contributed by atoms with E-state index >= 15 is 0 Å². The lowest BCUT2D eigenvalue weighted by molar-refractivity contribution is -0.117. The summed E-state index contributed by atoms with van der Waals surface area (Å²) in [6.07, 6.45) is 3.04. The van der Waals surface area contributed by atoms with E-state index in [2.05, 4.69) is 21.2 Å². The molecule has 1 rings (SSSR count). The molecule has 0 bridgehead atoms. The maximum Gasteiger partial charge on any atom is 0.252 e. The van der Waals surface area contributed by atoms with Gasteiger partial charge in [0.05, 0.1) is 11.7 Å². The number of carbonyl (C=O) groups is 1. The second-order valence-electron chi connectivity index (χ2n) is 3.65. The van der Waals surface area contributed by atoms with Crippen LogP contribution in [0.4, 0.5) is 0 Å². The number of hydrogen-bond acceptors (Lipinski definition) is 3. The van der Waals surface area contributed by atoms with Crippen LogP contribution in [0.1, 0.15) is 6.92 Å². The standard InChI is InChI=1S/C10H15BrN2O2/c1-7(14)4-12-10(15)8-3-9(11)6-13(2)5-8/h3,5,7,14H,4,6H2,1-2H3,(H,12,15). The number of rotatable bonds is 3. The summed E-state index contributed by atoms with van der Waals surface area (Å²) in [4.78, 5) is 13.5. The van der Waals surface area contributed by atoms with E-state index in [9.17, 15) is 4.79 Å². The third kappa shape index (κ3) is 4.05. The zero-order valence-electron chi connectivity index (χ0n) is 8.83. The van der Waals surface area contributed by atoms with Crippen LogP contribution < -0.4 is 5.32 Å². The molecule has 1 heterocycles. The maximum atomic E-state index is 11.6. The van der Waals surface area contributed by atoms with Crippen LogP contribution in [0.15, 0.2) is 22.3 Å². The molecule has 0 fully saturated rings.